The van der Waals surface area contributed by atoms with E-state index in [2.05, 4.69) is 4.98 Å². The van der Waals surface area contributed by atoms with Crippen molar-refractivity contribution in [3.8, 4) is 0 Å². The van der Waals surface area contributed by atoms with Gasteiger partial charge in [-0.05, 0) is 23.3 Å². The van der Waals surface area contributed by atoms with E-state index in [1.807, 2.05) is 25.1 Å². The number of nitrogens with two attached hydrogens (primary N) is 1. The van der Waals surface area contributed by atoms with Crippen LogP contribution in [0, 0.1) is 0 Å². The third-order valence-corrected chi connectivity index (χ3v) is 4.95. The molecule has 1 amide bonds. The van der Waals surface area contributed by atoms with Crippen LogP contribution >= 0.6 is 11.8 Å². The van der Waals surface area contributed by atoms with Crippen LogP contribution in [-0.2, 0) is 5.41 Å². The van der Waals surface area contributed by atoms with Gasteiger partial charge in [-0.15, -0.1) is 11.8 Å². The van der Waals surface area contributed by atoms with Gasteiger partial charge >= 0.3 is 0 Å². The van der Waals surface area contributed by atoms with Gasteiger partial charge in [0.05, 0.1) is 1.37 Å². The average molecular weight is 271 g/mol. The molecule has 0 saturated carbocycles. The highest BCUT2D eigenvalue weighted by Crippen LogP contribution is 2.47. The maximum Gasteiger partial charge on any atom is 0.249 e. The van der Waals surface area contributed by atoms with Crippen LogP contribution in [0.15, 0.2) is 47.6 Å². The van der Waals surface area contributed by atoms with E-state index in [9.17, 15) is 4.79 Å². The van der Waals surface area contributed by atoms with Gasteiger partial charge in [0.1, 0.15) is 0 Å². The number of primary amides is 1. The molecule has 1 unspecified atom stereocenters. The lowest BCUT2D eigenvalue weighted by atomic mass is 9.76. The Morgan fingerprint density at radius 1 is 1.42 bits per heavy atom. The summed E-state index contributed by atoms with van der Waals surface area (Å²) in [5, 5.41) is 0. The van der Waals surface area contributed by atoms with Gasteiger partial charge in [-0.25, -0.2) is 0 Å². The van der Waals surface area contributed by atoms with Crippen molar-refractivity contribution in [3.63, 3.8) is 0 Å². The molecule has 19 heavy (non-hydrogen) atoms. The highest BCUT2D eigenvalue weighted by atomic mass is 32.2. The molecule has 96 valence electrons. The molecule has 1 aromatic carbocycles. The van der Waals surface area contributed by atoms with E-state index in [1.54, 1.807) is 30.1 Å². The molecule has 0 aliphatic carbocycles. The molecule has 0 radical (unpaired) electrons. The number of carbonyl (C=O) groups is 1. The van der Waals surface area contributed by atoms with Gasteiger partial charge < -0.3 is 5.73 Å². The number of nitrogens with zero attached hydrogens (tertiary/aromatic N) is 1. The number of amides is 1. The van der Waals surface area contributed by atoms with Crippen LogP contribution in [0.25, 0.3) is 0 Å². The minimum atomic E-state index is -0.435. The summed E-state index contributed by atoms with van der Waals surface area (Å²) in [5.74, 6) is 0.347. The highest BCUT2D eigenvalue weighted by Gasteiger charge is 2.38. The molecule has 2 heterocycles. The molecule has 0 fully saturated rings. The second kappa shape index (κ2) is 4.38. The van der Waals surface area contributed by atoms with Crippen LogP contribution in [0.3, 0.4) is 0 Å². The van der Waals surface area contributed by atoms with Crippen LogP contribution in [0.5, 0.6) is 0 Å². The van der Waals surface area contributed by atoms with E-state index >= 15 is 0 Å². The van der Waals surface area contributed by atoms with E-state index in [0.29, 0.717) is 5.56 Å². The Bertz CT molecular complexity index is 704. The molecule has 3 nitrogen and oxygen atoms in total. The Hall–Kier alpha value is -1.81. The minimum Gasteiger partial charge on any atom is -0.366 e. The summed E-state index contributed by atoms with van der Waals surface area (Å²) in [6.07, 6.45) is 1.93. The summed E-state index contributed by atoms with van der Waals surface area (Å²) in [5.41, 5.74) is 7.37. The Morgan fingerprint density at radius 3 is 3.00 bits per heavy atom. The number of fused-ring (bicyclic) bond motifs is 1. The summed E-state index contributed by atoms with van der Waals surface area (Å²) in [6, 6.07) is 9.29. The molecule has 0 saturated heterocycles. The van der Waals surface area contributed by atoms with Gasteiger partial charge in [-0.2, -0.15) is 0 Å². The molecule has 0 bridgehead atoms. The fourth-order valence-corrected chi connectivity index (χ4v) is 3.86. The van der Waals surface area contributed by atoms with Gasteiger partial charge in [-0.3, -0.25) is 9.78 Å². The van der Waals surface area contributed by atoms with Crippen molar-refractivity contribution in [2.24, 2.45) is 5.73 Å². The number of aromatic nitrogens is 1. The van der Waals surface area contributed by atoms with E-state index in [4.69, 9.17) is 7.10 Å². The standard InChI is InChI=1S/C15H14N2OS/c1-15(9-19-13-6-7-17-8-12(13)15)11-5-3-2-4-10(11)14(16)18/h2-8H,9H2,1H3,(H2,16,18)/i8D. The Morgan fingerprint density at radius 2 is 2.21 bits per heavy atom. The Labute approximate surface area is 117 Å². The van der Waals surface area contributed by atoms with Crippen LogP contribution in [0.2, 0.25) is 0 Å². The van der Waals surface area contributed by atoms with Gasteiger partial charge in [0.2, 0.25) is 5.91 Å². The molecule has 1 aliphatic rings. The zero-order valence-corrected chi connectivity index (χ0v) is 11.3. The SMILES string of the molecule is [2H]c1nccc2c1C(C)(c1ccccc1C(N)=O)CS2. The third kappa shape index (κ3) is 1.83. The van der Waals surface area contributed by atoms with Crippen molar-refractivity contribution in [1.82, 2.24) is 4.98 Å². The first kappa shape index (κ1) is 11.1. The zero-order chi connectivity index (χ0) is 14.3. The average Bonchev–Trinajstić information content (AvgIpc) is 2.79. The van der Waals surface area contributed by atoms with Gasteiger partial charge in [0.25, 0.3) is 0 Å². The second-order valence-electron chi connectivity index (χ2n) is 4.83. The number of benzene rings is 1. The lowest BCUT2D eigenvalue weighted by molar-refractivity contribution is 0.0998. The molecule has 0 spiro atoms. The normalized spacial score (nSPS) is 21.8. The molecule has 2 aromatic rings. The first-order valence-corrected chi connectivity index (χ1v) is 7.01. The van der Waals surface area contributed by atoms with Crippen LogP contribution in [0.1, 0.15) is 29.8 Å². The minimum absolute atomic E-state index is 0.272. The summed E-state index contributed by atoms with van der Waals surface area (Å²) in [7, 11) is 0. The van der Waals surface area contributed by atoms with E-state index in [-0.39, 0.29) is 6.17 Å². The van der Waals surface area contributed by atoms with Crippen LogP contribution in [0.4, 0.5) is 0 Å². The van der Waals surface area contributed by atoms with E-state index in [0.717, 1.165) is 21.8 Å². The third-order valence-electron chi connectivity index (χ3n) is 3.58. The van der Waals surface area contributed by atoms with Crippen molar-refractivity contribution < 1.29 is 6.17 Å². The van der Waals surface area contributed by atoms with E-state index < -0.39 is 11.3 Å². The largest absolute Gasteiger partial charge is 0.366 e. The fraction of sp³-hybridized carbons (Fsp3) is 0.200. The molecule has 4 heteroatoms. The topological polar surface area (TPSA) is 56.0 Å². The summed E-state index contributed by atoms with van der Waals surface area (Å²) in [6.45, 7) is 2.05. The first-order valence-electron chi connectivity index (χ1n) is 6.52. The van der Waals surface area contributed by atoms with Gasteiger partial charge in [-0.1, -0.05) is 25.1 Å². The van der Waals surface area contributed by atoms with Crippen LogP contribution in [-0.4, -0.2) is 16.6 Å². The van der Waals surface area contributed by atoms with Crippen molar-refractivity contribution in [2.75, 3.05) is 5.75 Å². The summed E-state index contributed by atoms with van der Waals surface area (Å²) in [4.78, 5) is 16.8. The first-order chi connectivity index (χ1) is 9.54. The number of carbonyl (C=O) groups excluding carboxylic acids is 1. The Kier molecular flexibility index (Phi) is 2.55. The van der Waals surface area contributed by atoms with Gasteiger partial charge in [0.15, 0.2) is 0 Å². The lowest BCUT2D eigenvalue weighted by Gasteiger charge is -2.26. The van der Waals surface area contributed by atoms with Crippen molar-refractivity contribution in [2.45, 2.75) is 17.2 Å². The number of thioether (sulfide) groups is 1. The molecule has 1 atom stereocenters. The summed E-state index contributed by atoms with van der Waals surface area (Å²) < 4.78 is 8.09. The van der Waals surface area contributed by atoms with Crippen molar-refractivity contribution in [3.05, 3.63) is 59.4 Å². The number of hydrogen-bond acceptors (Lipinski definition) is 3. The van der Waals surface area contributed by atoms with Crippen molar-refractivity contribution in [1.29, 1.82) is 0 Å². The van der Waals surface area contributed by atoms with Crippen molar-refractivity contribution >= 4 is 17.7 Å². The van der Waals surface area contributed by atoms with E-state index in [1.165, 1.54) is 0 Å². The van der Waals surface area contributed by atoms with Crippen LogP contribution < -0.4 is 5.73 Å². The quantitative estimate of drug-likeness (QED) is 0.913. The predicted molar refractivity (Wildman–Crippen MR) is 76.4 cm³/mol. The molecule has 2 N–H and O–H groups in total. The highest BCUT2D eigenvalue weighted by molar-refractivity contribution is 7.99. The maximum absolute atomic E-state index is 11.7. The molecular weight excluding hydrogens is 256 g/mol. The number of hydrogen-bond donors (Lipinski definition) is 1. The Balaban J connectivity index is 2.25. The summed E-state index contributed by atoms with van der Waals surface area (Å²) >= 11 is 1.69. The fourth-order valence-electron chi connectivity index (χ4n) is 2.55. The number of rotatable bonds is 2. The molecule has 3 rings (SSSR count). The molecule has 1 aromatic heterocycles. The zero-order valence-electron chi connectivity index (χ0n) is 11.5. The molecule has 1 aliphatic heterocycles. The monoisotopic (exact) mass is 271 g/mol. The van der Waals surface area contributed by atoms with Gasteiger partial charge in [0, 0.05) is 34.0 Å². The second-order valence-corrected chi connectivity index (χ2v) is 5.84. The smallest absolute Gasteiger partial charge is 0.249 e. The predicted octanol–water partition coefficient (Wildman–Crippen LogP) is 2.59. The lowest BCUT2D eigenvalue weighted by Crippen LogP contribution is -2.28. The molecular formula is C15H14N2OS. The number of pyridine rings is 1. The maximum atomic E-state index is 11.7.